The van der Waals surface area contributed by atoms with Gasteiger partial charge in [0.15, 0.2) is 5.58 Å². The first-order valence-electron chi connectivity index (χ1n) is 17.9. The lowest BCUT2D eigenvalue weighted by Crippen LogP contribution is -2.15. The van der Waals surface area contributed by atoms with Gasteiger partial charge in [-0.25, -0.2) is 0 Å². The fourth-order valence-electron chi connectivity index (χ4n) is 9.83. The van der Waals surface area contributed by atoms with Crippen LogP contribution in [0.3, 0.4) is 0 Å². The number of furan rings is 1. The molecular weight excluding hydrogens is 619 g/mol. The summed E-state index contributed by atoms with van der Waals surface area (Å²) in [6.45, 7) is 4.79. The number of para-hydroxylation sites is 2. The van der Waals surface area contributed by atoms with Crippen LogP contribution >= 0.6 is 0 Å². The van der Waals surface area contributed by atoms with Crippen molar-refractivity contribution in [2.45, 2.75) is 19.3 Å². The first kappa shape index (κ1) is 27.4. The van der Waals surface area contributed by atoms with Crippen LogP contribution in [-0.4, -0.2) is 4.57 Å². The van der Waals surface area contributed by atoms with Crippen LogP contribution in [0.4, 0.5) is 0 Å². The van der Waals surface area contributed by atoms with E-state index in [9.17, 15) is 0 Å². The molecule has 0 unspecified atom stereocenters. The molecule has 0 radical (unpaired) electrons. The first-order valence-corrected chi connectivity index (χ1v) is 17.9. The molecule has 2 aliphatic carbocycles. The van der Waals surface area contributed by atoms with E-state index in [1.165, 1.54) is 88.1 Å². The Bertz CT molecular complexity index is 3140. The first-order chi connectivity index (χ1) is 25.1. The molecule has 2 nitrogen and oxygen atoms in total. The Balaban J connectivity index is 1.20. The van der Waals surface area contributed by atoms with Gasteiger partial charge in [-0.3, -0.25) is 0 Å². The van der Waals surface area contributed by atoms with Gasteiger partial charge in [0.1, 0.15) is 5.58 Å². The van der Waals surface area contributed by atoms with Gasteiger partial charge < -0.3 is 8.98 Å². The van der Waals surface area contributed by atoms with E-state index in [0.717, 1.165) is 27.8 Å². The van der Waals surface area contributed by atoms with E-state index in [4.69, 9.17) is 4.42 Å². The van der Waals surface area contributed by atoms with Crippen LogP contribution in [0.5, 0.6) is 0 Å². The van der Waals surface area contributed by atoms with Crippen molar-refractivity contribution < 1.29 is 4.42 Å². The minimum Gasteiger partial charge on any atom is -0.454 e. The minimum atomic E-state index is -0.199. The van der Waals surface area contributed by atoms with Crippen molar-refractivity contribution in [1.29, 1.82) is 0 Å². The predicted molar refractivity (Wildman–Crippen MR) is 213 cm³/mol. The van der Waals surface area contributed by atoms with Crippen LogP contribution in [0.15, 0.2) is 156 Å². The molecule has 2 aromatic heterocycles. The number of rotatable bonds is 2. The highest BCUT2D eigenvalue weighted by atomic mass is 16.3. The van der Waals surface area contributed by atoms with E-state index in [2.05, 4.69) is 170 Å². The molecule has 2 aliphatic rings. The van der Waals surface area contributed by atoms with Gasteiger partial charge in [0.25, 0.3) is 0 Å². The monoisotopic (exact) mass is 649 g/mol. The summed E-state index contributed by atoms with van der Waals surface area (Å²) in [5, 5.41) is 7.54. The molecule has 0 amide bonds. The largest absolute Gasteiger partial charge is 0.454 e. The molecule has 0 bridgehead atoms. The van der Waals surface area contributed by atoms with Gasteiger partial charge in [0.05, 0.1) is 11.0 Å². The van der Waals surface area contributed by atoms with E-state index >= 15 is 0 Å². The minimum absolute atomic E-state index is 0.199. The van der Waals surface area contributed by atoms with Crippen LogP contribution in [0.1, 0.15) is 25.0 Å². The maximum absolute atomic E-state index is 6.98. The van der Waals surface area contributed by atoms with E-state index in [0.29, 0.717) is 0 Å². The van der Waals surface area contributed by atoms with Crippen LogP contribution in [-0.2, 0) is 5.41 Å². The van der Waals surface area contributed by atoms with Crippen molar-refractivity contribution in [3.63, 3.8) is 0 Å². The molecule has 0 aliphatic heterocycles. The Morgan fingerprint density at radius 2 is 1.14 bits per heavy atom. The van der Waals surface area contributed by atoms with E-state index in [-0.39, 0.29) is 5.41 Å². The Morgan fingerprint density at radius 3 is 2.00 bits per heavy atom. The normalized spacial score (nSPS) is 13.8. The number of nitrogens with zero attached hydrogens (tertiary/aromatic N) is 1. The lowest BCUT2D eigenvalue weighted by Gasteiger charge is -2.23. The SMILES string of the molecule is CC1(C)c2ccccc2-c2c1c1c3ccccc3n(-c3cccc(-c4ccc5c6c(cccc46)-c4ccccc4-5)c3)c1c1oc3ccccc3c21. The van der Waals surface area contributed by atoms with Crippen molar-refractivity contribution in [2.75, 3.05) is 0 Å². The molecule has 10 aromatic rings. The summed E-state index contributed by atoms with van der Waals surface area (Å²) in [5.41, 5.74) is 18.2. The maximum Gasteiger partial charge on any atom is 0.160 e. The number of benzene rings is 8. The van der Waals surface area contributed by atoms with Crippen molar-refractivity contribution in [2.24, 2.45) is 0 Å². The van der Waals surface area contributed by atoms with E-state index in [1.807, 2.05) is 0 Å². The Labute approximate surface area is 294 Å². The second-order valence-electron chi connectivity index (χ2n) is 14.8. The molecule has 0 saturated carbocycles. The second-order valence-corrected chi connectivity index (χ2v) is 14.8. The molecule has 0 atom stereocenters. The van der Waals surface area contributed by atoms with Gasteiger partial charge >= 0.3 is 0 Å². The summed E-state index contributed by atoms with van der Waals surface area (Å²) in [4.78, 5) is 0. The molecule has 12 rings (SSSR count). The average molecular weight is 650 g/mol. The molecule has 238 valence electrons. The van der Waals surface area contributed by atoms with Gasteiger partial charge in [0.2, 0.25) is 0 Å². The molecule has 0 N–H and O–H groups in total. The third-order valence-electron chi connectivity index (χ3n) is 11.9. The molecule has 0 spiro atoms. The predicted octanol–water partition coefficient (Wildman–Crippen LogP) is 13.5. The van der Waals surface area contributed by atoms with Crippen molar-refractivity contribution in [1.82, 2.24) is 4.57 Å². The number of hydrogen-bond acceptors (Lipinski definition) is 1. The van der Waals surface area contributed by atoms with Gasteiger partial charge in [0, 0.05) is 32.6 Å². The fraction of sp³-hybridized carbons (Fsp3) is 0.0612. The summed E-state index contributed by atoms with van der Waals surface area (Å²) in [7, 11) is 0. The van der Waals surface area contributed by atoms with Crippen LogP contribution in [0, 0.1) is 0 Å². The summed E-state index contributed by atoms with van der Waals surface area (Å²) in [5.74, 6) is 0. The molecule has 51 heavy (non-hydrogen) atoms. The quantitative estimate of drug-likeness (QED) is 0.182. The highest BCUT2D eigenvalue weighted by Gasteiger charge is 2.41. The number of fused-ring (bicyclic) bond motifs is 15. The van der Waals surface area contributed by atoms with Crippen molar-refractivity contribution >= 4 is 54.5 Å². The molecular formula is C49H31NO. The van der Waals surface area contributed by atoms with Crippen molar-refractivity contribution in [3.8, 4) is 50.2 Å². The Kier molecular flexibility index (Phi) is 5.08. The Hall–Kier alpha value is -6.38. The fourth-order valence-corrected chi connectivity index (χ4v) is 9.83. The van der Waals surface area contributed by atoms with Crippen molar-refractivity contribution in [3.05, 3.63) is 163 Å². The average Bonchev–Trinajstić information content (AvgIpc) is 3.89. The smallest absolute Gasteiger partial charge is 0.160 e. The molecule has 0 saturated heterocycles. The van der Waals surface area contributed by atoms with Gasteiger partial charge in [-0.1, -0.05) is 141 Å². The van der Waals surface area contributed by atoms with Crippen LogP contribution in [0.2, 0.25) is 0 Å². The number of aromatic nitrogens is 1. The van der Waals surface area contributed by atoms with Gasteiger partial charge in [-0.15, -0.1) is 0 Å². The standard InChI is InChI=1S/C49H31NO/c1-49(2)39-22-8-5-17-36(39)43-44-38-19-7-10-24-41(38)51-48(44)47-45(46(43)49)37-18-6-9-23-40(37)50(47)29-14-11-13-28(27-29)30-25-26-35-32-16-4-3-15-31(32)34-21-12-20-33(30)42(34)35/h3-27H,1-2H3. The van der Waals surface area contributed by atoms with E-state index in [1.54, 1.807) is 0 Å². The lowest BCUT2D eigenvalue weighted by molar-refractivity contribution is 0.663. The highest BCUT2D eigenvalue weighted by Crippen LogP contribution is 2.58. The third kappa shape index (κ3) is 3.33. The number of hydrogen-bond donors (Lipinski definition) is 0. The molecule has 8 aromatic carbocycles. The highest BCUT2D eigenvalue weighted by molar-refractivity contribution is 6.29. The molecule has 2 heteroatoms. The maximum atomic E-state index is 6.98. The third-order valence-corrected chi connectivity index (χ3v) is 11.9. The Morgan fingerprint density at radius 1 is 0.490 bits per heavy atom. The lowest BCUT2D eigenvalue weighted by atomic mass is 9.80. The zero-order chi connectivity index (χ0) is 33.6. The summed E-state index contributed by atoms with van der Waals surface area (Å²) >= 11 is 0. The second kappa shape index (κ2) is 9.44. The van der Waals surface area contributed by atoms with Crippen LogP contribution in [0.25, 0.3) is 105 Å². The zero-order valence-corrected chi connectivity index (χ0v) is 28.3. The van der Waals surface area contributed by atoms with E-state index < -0.39 is 0 Å². The summed E-state index contributed by atoms with van der Waals surface area (Å²) in [6.07, 6.45) is 0. The molecule has 0 fully saturated rings. The summed E-state index contributed by atoms with van der Waals surface area (Å²) in [6, 6.07) is 55.8. The van der Waals surface area contributed by atoms with Gasteiger partial charge in [-0.2, -0.15) is 0 Å². The van der Waals surface area contributed by atoms with Gasteiger partial charge in [-0.05, 0) is 90.7 Å². The topological polar surface area (TPSA) is 18.1 Å². The van der Waals surface area contributed by atoms with Crippen LogP contribution < -0.4 is 0 Å². The summed E-state index contributed by atoms with van der Waals surface area (Å²) < 4.78 is 9.45. The zero-order valence-electron chi connectivity index (χ0n) is 28.3. The molecule has 2 heterocycles.